The number of para-hydroxylation sites is 1. The van der Waals surface area contributed by atoms with Crippen LogP contribution in [0.15, 0.2) is 48.6 Å². The molecule has 0 amide bonds. The topological polar surface area (TPSA) is 154 Å². The molecule has 2 bridgehead atoms. The summed E-state index contributed by atoms with van der Waals surface area (Å²) in [4.78, 5) is 52.8. The van der Waals surface area contributed by atoms with Gasteiger partial charge in [0.05, 0.1) is 33.0 Å². The van der Waals surface area contributed by atoms with E-state index in [1.54, 1.807) is 7.11 Å². The van der Waals surface area contributed by atoms with Gasteiger partial charge in [0.1, 0.15) is 11.2 Å². The number of ether oxygens (including phenoxy) is 4. The molecule has 3 fully saturated rings. The normalized spacial score (nSPS) is 36.5. The fraction of sp³-hybridized carbons (Fsp3) is 0.596. The number of hydrogen-bond acceptors (Lipinski definition) is 12. The minimum atomic E-state index is -2.26. The largest absolute Gasteiger partial charge is 0.496 e. The number of methoxy groups -OCH3 is 3. The van der Waals surface area contributed by atoms with E-state index in [9.17, 15) is 19.8 Å². The molecule has 3 N–H and O–H groups in total. The first kappa shape index (κ1) is 40.9. The highest BCUT2D eigenvalue weighted by Crippen LogP contribution is 2.68. The molecule has 1 spiro atoms. The lowest BCUT2D eigenvalue weighted by atomic mass is 9.47. The van der Waals surface area contributed by atoms with Crippen molar-refractivity contribution in [3.8, 4) is 5.75 Å². The summed E-state index contributed by atoms with van der Waals surface area (Å²) in [6.45, 7) is 8.80. The van der Waals surface area contributed by atoms with Crippen LogP contribution in [-0.4, -0.2) is 133 Å². The summed E-state index contributed by atoms with van der Waals surface area (Å²) in [7, 11) is 6.22. The molecule has 1 aliphatic carbocycles. The molecule has 13 nitrogen and oxygen atoms in total. The van der Waals surface area contributed by atoms with Crippen LogP contribution in [0.3, 0.4) is 0 Å². The van der Waals surface area contributed by atoms with Crippen molar-refractivity contribution >= 4 is 34.5 Å². The Morgan fingerprint density at radius 1 is 0.967 bits per heavy atom. The molecule has 10 atom stereocenters. The van der Waals surface area contributed by atoms with Gasteiger partial charge in [0, 0.05) is 85.4 Å². The summed E-state index contributed by atoms with van der Waals surface area (Å²) in [5.74, 6) is -1.27. The highest BCUT2D eigenvalue weighted by molar-refractivity contribution is 5.91. The molecule has 1 unspecified atom stereocenters. The molecule has 2 aromatic carbocycles. The minimum absolute atomic E-state index is 0.0242. The Kier molecular flexibility index (Phi) is 9.77. The molecule has 2 saturated heterocycles. The number of nitrogens with one attached hydrogen (secondary N) is 1. The quantitative estimate of drug-likeness (QED) is 0.170. The lowest BCUT2D eigenvalue weighted by molar-refractivity contribution is -0.228. The number of anilines is 1. The van der Waals surface area contributed by atoms with Crippen molar-refractivity contribution in [3.63, 3.8) is 0 Å². The van der Waals surface area contributed by atoms with Crippen LogP contribution in [-0.2, 0) is 52.3 Å². The number of aliphatic hydroxyl groups is 2. The summed E-state index contributed by atoms with van der Waals surface area (Å²) in [5, 5.41) is 26.2. The van der Waals surface area contributed by atoms with Crippen molar-refractivity contribution in [3.05, 3.63) is 70.9 Å². The first-order valence-electron chi connectivity index (χ1n) is 21.7. The average Bonchev–Trinajstić information content (AvgIpc) is 3.90. The molecule has 1 aromatic heterocycles. The van der Waals surface area contributed by atoms with E-state index in [0.717, 1.165) is 52.1 Å². The molecule has 13 heteroatoms. The van der Waals surface area contributed by atoms with Gasteiger partial charge in [-0.3, -0.25) is 19.4 Å². The Labute approximate surface area is 352 Å². The van der Waals surface area contributed by atoms with Gasteiger partial charge < -0.3 is 39.0 Å². The Hall–Kier alpha value is -4.43. The number of rotatable bonds is 8. The monoisotopic (exact) mass is 824 g/mol. The second-order valence-electron chi connectivity index (χ2n) is 18.7. The number of fused-ring (bicyclic) bond motifs is 6. The fourth-order valence-corrected chi connectivity index (χ4v) is 13.7. The minimum Gasteiger partial charge on any atom is -0.496 e. The maximum absolute atomic E-state index is 15.0. The van der Waals surface area contributed by atoms with Gasteiger partial charge in [-0.15, -0.1) is 0 Å². The molecule has 6 heterocycles. The number of nitrogens with zero attached hydrogens (tertiary/aromatic N) is 3. The highest BCUT2D eigenvalue weighted by atomic mass is 16.6. The Bertz CT molecular complexity index is 2270. The molecule has 5 aliphatic heterocycles. The molecule has 60 heavy (non-hydrogen) atoms. The van der Waals surface area contributed by atoms with Gasteiger partial charge in [-0.05, 0) is 86.2 Å². The summed E-state index contributed by atoms with van der Waals surface area (Å²) >= 11 is 0. The number of carbonyl (C=O) groups is 3. The van der Waals surface area contributed by atoms with Gasteiger partial charge in [-0.1, -0.05) is 44.2 Å². The molecule has 9 rings (SSSR count). The van der Waals surface area contributed by atoms with Gasteiger partial charge in [-0.2, -0.15) is 0 Å². The average molecular weight is 825 g/mol. The number of piperidine rings is 1. The number of hydrogen-bond donors (Lipinski definition) is 3. The number of benzene rings is 2. The van der Waals surface area contributed by atoms with Crippen LogP contribution in [0.4, 0.5) is 5.69 Å². The number of esters is 3. The van der Waals surface area contributed by atoms with E-state index < -0.39 is 51.5 Å². The van der Waals surface area contributed by atoms with Gasteiger partial charge in [0.2, 0.25) is 5.60 Å². The number of aromatic nitrogens is 1. The van der Waals surface area contributed by atoms with Crippen LogP contribution in [0, 0.1) is 11.3 Å². The first-order valence-corrected chi connectivity index (χ1v) is 21.7. The summed E-state index contributed by atoms with van der Waals surface area (Å²) in [6, 6.07) is 11.2. The third-order valence-corrected chi connectivity index (χ3v) is 15.8. The Morgan fingerprint density at radius 3 is 2.43 bits per heavy atom. The van der Waals surface area contributed by atoms with Crippen molar-refractivity contribution in [2.24, 2.45) is 11.3 Å². The predicted octanol–water partition coefficient (Wildman–Crippen LogP) is 4.19. The van der Waals surface area contributed by atoms with Crippen molar-refractivity contribution in [2.45, 2.75) is 106 Å². The zero-order valence-corrected chi connectivity index (χ0v) is 36.0. The van der Waals surface area contributed by atoms with E-state index in [4.69, 9.17) is 18.9 Å². The number of carbonyl (C=O) groups excluding carboxylic acids is 3. The number of likely N-dealkylation sites (N-methyl/N-ethyl adjacent to an activating group) is 1. The molecular formula is C47H60N4O9. The molecule has 6 aliphatic rings. The third-order valence-electron chi connectivity index (χ3n) is 15.8. The van der Waals surface area contributed by atoms with Crippen LogP contribution in [0.5, 0.6) is 5.75 Å². The second-order valence-corrected chi connectivity index (χ2v) is 18.7. The third kappa shape index (κ3) is 5.47. The smallest absolute Gasteiger partial charge is 0.344 e. The number of H-pyrrole nitrogens is 1. The maximum atomic E-state index is 15.0. The lowest BCUT2D eigenvalue weighted by Gasteiger charge is -2.63. The van der Waals surface area contributed by atoms with Gasteiger partial charge in [0.15, 0.2) is 6.10 Å². The van der Waals surface area contributed by atoms with E-state index in [-0.39, 0.29) is 24.3 Å². The van der Waals surface area contributed by atoms with Crippen molar-refractivity contribution < 1.29 is 43.5 Å². The van der Waals surface area contributed by atoms with Crippen molar-refractivity contribution in [2.75, 3.05) is 66.0 Å². The molecule has 322 valence electrons. The van der Waals surface area contributed by atoms with E-state index in [1.165, 1.54) is 21.1 Å². The number of aromatic amines is 1. The second kappa shape index (κ2) is 14.3. The Morgan fingerprint density at radius 2 is 1.73 bits per heavy atom. The van der Waals surface area contributed by atoms with E-state index in [2.05, 4.69) is 45.1 Å². The summed E-state index contributed by atoms with van der Waals surface area (Å²) in [6.07, 6.45) is 6.49. The zero-order valence-electron chi connectivity index (χ0n) is 36.0. The van der Waals surface area contributed by atoms with Crippen LogP contribution in [0.2, 0.25) is 0 Å². The van der Waals surface area contributed by atoms with E-state index >= 15 is 4.79 Å². The predicted molar refractivity (Wildman–Crippen MR) is 225 cm³/mol. The zero-order chi connectivity index (χ0) is 42.6. The van der Waals surface area contributed by atoms with E-state index in [1.807, 2.05) is 44.0 Å². The van der Waals surface area contributed by atoms with Gasteiger partial charge in [-0.25, -0.2) is 4.79 Å². The molecule has 1 saturated carbocycles. The molecular weight excluding hydrogens is 765 g/mol. The van der Waals surface area contributed by atoms with Gasteiger partial charge in [0.25, 0.3) is 0 Å². The summed E-state index contributed by atoms with van der Waals surface area (Å²) < 4.78 is 23.7. The fourth-order valence-electron chi connectivity index (χ4n) is 13.7. The standard InChI is InChI=1S/C47H60N4O9/c1-8-43(55)23-29-24-45(41(53)58-6,37-32(15-19-50(26-29)27-43)31-13-10-11-14-34(31)48-37)25-30-21-33-35(22-36(30)57-5)49(4)39-46(33)17-20-51-18-12-16-44(9-2,38(46)51)40(60-28(3)52)47(39,56)42(54)59-7/h10-14,16,21-22,29,38-40,48,55-56H,8-9,15,17-20,23-27H2,1-7H3/t29-,38-,39+,40+,43-,44+,45-,46+,47-/m0/s1. The van der Waals surface area contributed by atoms with Crippen LogP contribution in [0.1, 0.15) is 75.3 Å². The van der Waals surface area contributed by atoms with Crippen molar-refractivity contribution in [1.29, 1.82) is 0 Å². The van der Waals surface area contributed by atoms with Crippen molar-refractivity contribution in [1.82, 2.24) is 14.8 Å². The molecule has 0 radical (unpaired) electrons. The van der Waals surface area contributed by atoms with E-state index in [0.29, 0.717) is 63.9 Å². The highest BCUT2D eigenvalue weighted by Gasteiger charge is 2.80. The van der Waals surface area contributed by atoms with Crippen LogP contribution < -0.4 is 9.64 Å². The lowest BCUT2D eigenvalue weighted by Crippen LogP contribution is -2.81. The first-order chi connectivity index (χ1) is 28.7. The maximum Gasteiger partial charge on any atom is 0.344 e. The van der Waals surface area contributed by atoms with Crippen LogP contribution >= 0.6 is 0 Å². The summed E-state index contributed by atoms with van der Waals surface area (Å²) in [5.41, 5.74) is -0.765. The Balaban J connectivity index is 1.28. The SMILES string of the molecule is CC[C@]1(O)C[C@@H]2CN(CCc3c([nH]c4ccccc34)[C@](Cc3cc4c(cc3OC)N(C)[C@H]3[C@@](O)(C(=O)OC)[C@H](OC(C)=O)[C@]5(CC)C=CCN6CC[C@]43[C@@H]65)(C(=O)OC)C2)C1. The van der Waals surface area contributed by atoms with Gasteiger partial charge >= 0.3 is 17.9 Å². The van der Waals surface area contributed by atoms with Crippen LogP contribution in [0.25, 0.3) is 10.9 Å². The molecule has 3 aromatic rings.